The number of halogens is 8. The van der Waals surface area contributed by atoms with Gasteiger partial charge in [0.25, 0.3) is 0 Å². The van der Waals surface area contributed by atoms with Crippen molar-refractivity contribution in [2.45, 2.75) is 31.1 Å². The molecule has 0 fully saturated rings. The third-order valence-corrected chi connectivity index (χ3v) is 5.94. The van der Waals surface area contributed by atoms with Crippen molar-refractivity contribution in [2.24, 2.45) is 0 Å². The molecule has 0 bridgehead atoms. The van der Waals surface area contributed by atoms with Crippen molar-refractivity contribution in [1.29, 1.82) is 0 Å². The van der Waals surface area contributed by atoms with Crippen LogP contribution in [-0.4, -0.2) is 55.7 Å². The van der Waals surface area contributed by atoms with Gasteiger partial charge in [0.05, 0.1) is 19.3 Å². The van der Waals surface area contributed by atoms with Crippen molar-refractivity contribution in [3.8, 4) is 22.3 Å². The molecule has 202 valence electrons. The Morgan fingerprint density at radius 3 is 1.97 bits per heavy atom. The highest BCUT2D eigenvalue weighted by atomic mass is 35.5. The Kier molecular flexibility index (Phi) is 7.75. The lowest BCUT2D eigenvalue weighted by Crippen LogP contribution is -2.42. The van der Waals surface area contributed by atoms with E-state index in [1.807, 2.05) is 0 Å². The highest BCUT2D eigenvalue weighted by molar-refractivity contribution is 6.31. The summed E-state index contributed by atoms with van der Waals surface area (Å²) in [5, 5.41) is 17.9. The first-order valence-electron chi connectivity index (χ1n) is 10.7. The Hall–Kier alpha value is -3.13. The number of hydrogen-bond donors (Lipinski definition) is 1. The number of nitrogens with zero attached hydrogens (tertiary/aromatic N) is 4. The van der Waals surface area contributed by atoms with Crippen molar-refractivity contribution in [3.05, 3.63) is 75.3 Å². The lowest BCUT2D eigenvalue weighted by Gasteiger charge is -2.22. The van der Waals surface area contributed by atoms with Crippen molar-refractivity contribution in [2.75, 3.05) is 6.61 Å². The number of aromatic nitrogens is 4. The minimum Gasteiger partial charge on any atom is -0.382 e. The molecule has 2 atom stereocenters. The maximum absolute atomic E-state index is 13.6. The molecule has 0 aliphatic heterocycles. The fourth-order valence-corrected chi connectivity index (χ4v) is 3.79. The summed E-state index contributed by atoms with van der Waals surface area (Å²) in [6.07, 6.45) is -15.1. The maximum atomic E-state index is 13.6. The maximum Gasteiger partial charge on any atom is 0.416 e. The molecule has 38 heavy (non-hydrogen) atoms. The second kappa shape index (κ2) is 10.6. The summed E-state index contributed by atoms with van der Waals surface area (Å²) >= 11 is 12.0. The van der Waals surface area contributed by atoms with Gasteiger partial charge >= 0.3 is 18.0 Å². The zero-order valence-electron chi connectivity index (χ0n) is 18.8. The number of hydrogen-bond acceptors (Lipinski definition) is 5. The zero-order valence-corrected chi connectivity index (χ0v) is 20.4. The van der Waals surface area contributed by atoms with Crippen LogP contribution in [0.5, 0.6) is 0 Å². The number of benzene rings is 2. The molecule has 2 unspecified atom stereocenters. The Morgan fingerprint density at radius 2 is 1.45 bits per heavy atom. The van der Waals surface area contributed by atoms with Gasteiger partial charge in [-0.2, -0.15) is 36.0 Å². The van der Waals surface area contributed by atoms with Crippen LogP contribution in [0.2, 0.25) is 10.0 Å². The number of aliphatic hydroxyl groups excluding tert-OH is 1. The molecule has 0 aliphatic carbocycles. The minimum atomic E-state index is -5.19. The molecule has 0 aliphatic rings. The molecule has 7 nitrogen and oxygen atoms in total. The number of aliphatic hydroxyl groups is 1. The van der Waals surface area contributed by atoms with Gasteiger partial charge in [0.15, 0.2) is 17.9 Å². The molecule has 0 saturated heterocycles. The van der Waals surface area contributed by atoms with Crippen LogP contribution in [0.3, 0.4) is 0 Å². The Balaban J connectivity index is 1.82. The first-order valence-corrected chi connectivity index (χ1v) is 11.4. The van der Waals surface area contributed by atoms with Crippen LogP contribution < -0.4 is 5.69 Å². The van der Waals surface area contributed by atoms with Crippen LogP contribution in [0.1, 0.15) is 0 Å². The van der Waals surface area contributed by atoms with Crippen LogP contribution in [-0.2, 0) is 11.3 Å². The average Bonchev–Trinajstić information content (AvgIpc) is 3.16. The van der Waals surface area contributed by atoms with Gasteiger partial charge in [0.2, 0.25) is 0 Å². The molecule has 2 aromatic carbocycles. The summed E-state index contributed by atoms with van der Waals surface area (Å²) in [6, 6.07) is 12.9. The second-order valence-electron chi connectivity index (χ2n) is 8.07. The zero-order chi connectivity index (χ0) is 27.8. The van der Waals surface area contributed by atoms with E-state index in [-0.39, 0.29) is 5.65 Å². The molecular weight excluding hydrogens is 565 g/mol. The molecule has 15 heteroatoms. The van der Waals surface area contributed by atoms with Crippen LogP contribution in [0.25, 0.3) is 27.9 Å². The normalized spacial score (nSPS) is 14.1. The predicted molar refractivity (Wildman–Crippen MR) is 126 cm³/mol. The summed E-state index contributed by atoms with van der Waals surface area (Å²) in [7, 11) is 0. The van der Waals surface area contributed by atoms with Gasteiger partial charge < -0.3 is 9.84 Å². The Morgan fingerprint density at radius 1 is 0.895 bits per heavy atom. The molecule has 0 spiro atoms. The molecule has 0 radical (unpaired) electrons. The minimum absolute atomic E-state index is 0.124. The molecule has 2 aromatic heterocycles. The van der Waals surface area contributed by atoms with E-state index in [0.717, 1.165) is 4.52 Å². The van der Waals surface area contributed by atoms with Gasteiger partial charge in [-0.1, -0.05) is 47.5 Å². The quantitative estimate of drug-likeness (QED) is 0.296. The average molecular weight is 581 g/mol. The van der Waals surface area contributed by atoms with Crippen molar-refractivity contribution >= 4 is 28.8 Å². The number of alkyl halides is 6. The van der Waals surface area contributed by atoms with Gasteiger partial charge in [-0.05, 0) is 35.4 Å². The molecule has 2 heterocycles. The van der Waals surface area contributed by atoms with Gasteiger partial charge in [-0.25, -0.2) is 9.48 Å². The fourth-order valence-electron chi connectivity index (χ4n) is 3.54. The summed E-state index contributed by atoms with van der Waals surface area (Å²) < 4.78 is 83.8. The van der Waals surface area contributed by atoms with E-state index in [2.05, 4.69) is 14.9 Å². The third kappa shape index (κ3) is 5.96. The number of ether oxygens (including phenoxy) is 1. The molecule has 4 rings (SSSR count). The molecule has 0 saturated carbocycles. The molecule has 4 aromatic rings. The summed E-state index contributed by atoms with van der Waals surface area (Å²) in [5.74, 6) is 0. The number of fused-ring (bicyclic) bond motifs is 1. The van der Waals surface area contributed by atoms with Crippen LogP contribution in [0.15, 0.2) is 59.5 Å². The van der Waals surface area contributed by atoms with Crippen molar-refractivity contribution in [1.82, 2.24) is 19.4 Å². The van der Waals surface area contributed by atoms with E-state index in [1.165, 1.54) is 6.20 Å². The van der Waals surface area contributed by atoms with Gasteiger partial charge in [-0.3, -0.25) is 0 Å². The highest BCUT2D eigenvalue weighted by Gasteiger charge is 2.45. The summed E-state index contributed by atoms with van der Waals surface area (Å²) in [4.78, 5) is 12.9. The standard InChI is InChI=1S/C23H16Cl2F6N4O3/c24-14-5-1-12(2-6-14)16-9-32-35-20(19(16)13-3-7-15(25)8-4-13)33-34(21(35)37)10-18(23(29,30)31)38-11-17(36)22(26,27)28/h1-9,17-18,36H,10-11H2. The van der Waals surface area contributed by atoms with Crippen molar-refractivity contribution < 1.29 is 36.2 Å². The first-order chi connectivity index (χ1) is 17.8. The van der Waals surface area contributed by atoms with Gasteiger partial charge in [0, 0.05) is 21.2 Å². The van der Waals surface area contributed by atoms with Crippen LogP contribution in [0, 0.1) is 0 Å². The van der Waals surface area contributed by atoms with E-state index in [9.17, 15) is 31.1 Å². The summed E-state index contributed by atoms with van der Waals surface area (Å²) in [5.41, 5.74) is 0.681. The van der Waals surface area contributed by atoms with E-state index >= 15 is 0 Å². The monoisotopic (exact) mass is 580 g/mol. The predicted octanol–water partition coefficient (Wildman–Crippen LogP) is 5.40. The Labute approximate surface area is 219 Å². The number of rotatable bonds is 7. The molecular formula is C23H16Cl2F6N4O3. The lowest BCUT2D eigenvalue weighted by atomic mass is 9.97. The second-order valence-corrected chi connectivity index (χ2v) is 8.94. The van der Waals surface area contributed by atoms with E-state index in [1.54, 1.807) is 48.5 Å². The van der Waals surface area contributed by atoms with Gasteiger partial charge in [-0.15, -0.1) is 5.10 Å². The van der Waals surface area contributed by atoms with Crippen molar-refractivity contribution in [3.63, 3.8) is 0 Å². The fraction of sp³-hybridized carbons (Fsp3) is 0.261. The third-order valence-electron chi connectivity index (χ3n) is 5.44. The molecule has 0 amide bonds. The first kappa shape index (κ1) is 27.9. The van der Waals surface area contributed by atoms with Crippen LogP contribution in [0.4, 0.5) is 26.3 Å². The smallest absolute Gasteiger partial charge is 0.382 e. The largest absolute Gasteiger partial charge is 0.416 e. The van der Waals surface area contributed by atoms with E-state index < -0.39 is 43.4 Å². The Bertz CT molecular complexity index is 1490. The van der Waals surface area contributed by atoms with Gasteiger partial charge in [0.1, 0.15) is 0 Å². The SMILES string of the molecule is O=c1n(CC(OCC(O)C(F)(F)F)C(F)(F)F)nc2c(-c3ccc(Cl)cc3)c(-c3ccc(Cl)cc3)cnn12. The highest BCUT2D eigenvalue weighted by Crippen LogP contribution is 2.35. The lowest BCUT2D eigenvalue weighted by molar-refractivity contribution is -0.258. The van der Waals surface area contributed by atoms with Crippen LogP contribution >= 0.6 is 23.2 Å². The topological polar surface area (TPSA) is 81.6 Å². The van der Waals surface area contributed by atoms with E-state index in [0.29, 0.717) is 37.0 Å². The summed E-state index contributed by atoms with van der Waals surface area (Å²) in [6.45, 7) is -2.97. The van der Waals surface area contributed by atoms with E-state index in [4.69, 9.17) is 28.3 Å². The molecule has 1 N–H and O–H groups in total.